The first-order valence-corrected chi connectivity index (χ1v) is 3.66. The van der Waals surface area contributed by atoms with Gasteiger partial charge < -0.3 is 0 Å². The Kier molecular flexibility index (Phi) is 2.00. The highest BCUT2D eigenvalue weighted by molar-refractivity contribution is 7.98. The molecule has 0 bridgehead atoms. The van der Waals surface area contributed by atoms with Gasteiger partial charge in [-0.15, -0.1) is 0 Å². The molecule has 0 aromatic rings. The minimum absolute atomic E-state index is 0.841. The van der Waals surface area contributed by atoms with Gasteiger partial charge in [-0.2, -0.15) is 0 Å². The van der Waals surface area contributed by atoms with Crippen molar-refractivity contribution in [2.24, 2.45) is 0 Å². The van der Waals surface area contributed by atoms with Gasteiger partial charge in [-0.25, -0.2) is 0 Å². The lowest BCUT2D eigenvalue weighted by Crippen LogP contribution is -2.18. The summed E-state index contributed by atoms with van der Waals surface area (Å²) < 4.78 is 3.25. The quantitative estimate of drug-likeness (QED) is 0.481. The van der Waals surface area contributed by atoms with E-state index in [1.165, 1.54) is 19.4 Å². The van der Waals surface area contributed by atoms with Gasteiger partial charge in [0, 0.05) is 11.8 Å². The summed E-state index contributed by atoms with van der Waals surface area (Å²) in [7, 11) is 0. The Bertz CT molecular complexity index is 50.0. The van der Waals surface area contributed by atoms with Gasteiger partial charge >= 0.3 is 0 Å². The Morgan fingerprint density at radius 3 is 2.86 bits per heavy atom. The molecule has 0 aliphatic carbocycles. The highest BCUT2D eigenvalue weighted by Gasteiger charge is 2.05. The van der Waals surface area contributed by atoms with Crippen LogP contribution in [-0.4, -0.2) is 11.8 Å². The van der Waals surface area contributed by atoms with Gasteiger partial charge in [0.1, 0.15) is 0 Å². The molecule has 1 nitrogen and oxygen atoms in total. The van der Waals surface area contributed by atoms with E-state index in [1.54, 1.807) is 0 Å². The van der Waals surface area contributed by atoms with Crippen LogP contribution in [0.4, 0.5) is 0 Å². The van der Waals surface area contributed by atoms with Crippen molar-refractivity contribution in [3.05, 3.63) is 0 Å². The molecule has 1 atom stereocenters. The zero-order chi connectivity index (χ0) is 5.11. The number of rotatable bonds is 0. The van der Waals surface area contributed by atoms with Crippen LogP contribution >= 0.6 is 11.9 Å². The first-order valence-electron chi connectivity index (χ1n) is 2.78. The summed E-state index contributed by atoms with van der Waals surface area (Å²) in [5, 5.41) is 0.841. The molecule has 0 amide bonds. The fraction of sp³-hybridized carbons (Fsp3) is 1.00. The van der Waals surface area contributed by atoms with Gasteiger partial charge in [0.05, 0.1) is 0 Å². The van der Waals surface area contributed by atoms with Crippen molar-refractivity contribution in [3.8, 4) is 0 Å². The highest BCUT2D eigenvalue weighted by atomic mass is 32.2. The van der Waals surface area contributed by atoms with E-state index in [-0.39, 0.29) is 0 Å². The molecule has 0 aromatic carbocycles. The molecule has 0 radical (unpaired) electrons. The molecule has 1 N–H and O–H groups in total. The summed E-state index contributed by atoms with van der Waals surface area (Å²) in [5.41, 5.74) is 0. The molecule has 1 aliphatic heterocycles. The SMILES string of the molecule is C[C@@H]1CCCNS1. The van der Waals surface area contributed by atoms with Crippen LogP contribution < -0.4 is 4.72 Å². The average Bonchev–Trinajstić information content (AvgIpc) is 1.69. The van der Waals surface area contributed by atoms with Crippen LogP contribution in [0, 0.1) is 0 Å². The average molecular weight is 117 g/mol. The Labute approximate surface area is 49.0 Å². The van der Waals surface area contributed by atoms with Gasteiger partial charge in [-0.1, -0.05) is 18.9 Å². The largest absolute Gasteiger partial charge is 0.264 e. The second kappa shape index (κ2) is 2.58. The van der Waals surface area contributed by atoms with E-state index in [4.69, 9.17) is 0 Å². The standard InChI is InChI=1S/C5H11NS/c1-5-3-2-4-6-7-5/h5-6H,2-4H2,1H3/t5-/m1/s1. The van der Waals surface area contributed by atoms with Gasteiger partial charge in [-0.3, -0.25) is 4.72 Å². The van der Waals surface area contributed by atoms with Crippen LogP contribution in [0.15, 0.2) is 0 Å². The maximum absolute atomic E-state index is 3.25. The van der Waals surface area contributed by atoms with Gasteiger partial charge in [-0.05, 0) is 12.8 Å². The van der Waals surface area contributed by atoms with Gasteiger partial charge in [0.15, 0.2) is 0 Å². The van der Waals surface area contributed by atoms with Crippen LogP contribution in [0.25, 0.3) is 0 Å². The van der Waals surface area contributed by atoms with E-state index < -0.39 is 0 Å². The maximum Gasteiger partial charge on any atom is 0.0165 e. The number of hydrogen-bond acceptors (Lipinski definition) is 2. The van der Waals surface area contributed by atoms with Crippen molar-refractivity contribution in [2.45, 2.75) is 25.0 Å². The predicted molar refractivity (Wildman–Crippen MR) is 34.3 cm³/mol. The molecule has 42 valence electrons. The fourth-order valence-electron chi connectivity index (χ4n) is 0.722. The van der Waals surface area contributed by atoms with Crippen LogP contribution in [0.1, 0.15) is 19.8 Å². The molecule has 1 rings (SSSR count). The Morgan fingerprint density at radius 2 is 2.57 bits per heavy atom. The lowest BCUT2D eigenvalue weighted by molar-refractivity contribution is 0.686. The molecular formula is C5H11NS. The van der Waals surface area contributed by atoms with E-state index >= 15 is 0 Å². The van der Waals surface area contributed by atoms with Gasteiger partial charge in [0.25, 0.3) is 0 Å². The maximum atomic E-state index is 3.25. The van der Waals surface area contributed by atoms with Crippen molar-refractivity contribution in [1.82, 2.24) is 4.72 Å². The second-order valence-electron chi connectivity index (χ2n) is 1.97. The van der Waals surface area contributed by atoms with Crippen LogP contribution in [-0.2, 0) is 0 Å². The van der Waals surface area contributed by atoms with E-state index in [2.05, 4.69) is 11.6 Å². The van der Waals surface area contributed by atoms with Gasteiger partial charge in [0.2, 0.25) is 0 Å². The summed E-state index contributed by atoms with van der Waals surface area (Å²) in [6, 6.07) is 0. The lowest BCUT2D eigenvalue weighted by atomic mass is 10.2. The summed E-state index contributed by atoms with van der Waals surface area (Å²) in [4.78, 5) is 0. The van der Waals surface area contributed by atoms with Crippen molar-refractivity contribution in [2.75, 3.05) is 6.54 Å². The fourth-order valence-corrected chi connectivity index (χ4v) is 1.55. The van der Waals surface area contributed by atoms with Crippen molar-refractivity contribution in [1.29, 1.82) is 0 Å². The lowest BCUT2D eigenvalue weighted by Gasteiger charge is -2.16. The van der Waals surface area contributed by atoms with E-state index in [0.29, 0.717) is 0 Å². The molecule has 0 saturated carbocycles. The third kappa shape index (κ3) is 1.70. The third-order valence-electron chi connectivity index (χ3n) is 1.17. The molecule has 1 saturated heterocycles. The first kappa shape index (κ1) is 5.45. The zero-order valence-corrected chi connectivity index (χ0v) is 5.42. The Balaban J connectivity index is 2.12. The Morgan fingerprint density at radius 1 is 1.71 bits per heavy atom. The molecule has 1 heterocycles. The van der Waals surface area contributed by atoms with Crippen LogP contribution in [0.2, 0.25) is 0 Å². The second-order valence-corrected chi connectivity index (χ2v) is 3.29. The molecule has 2 heteroatoms. The molecule has 1 fully saturated rings. The Hall–Kier alpha value is 0.310. The predicted octanol–water partition coefficient (Wildman–Crippen LogP) is 1.41. The third-order valence-corrected chi connectivity index (χ3v) is 2.18. The molecule has 1 aliphatic rings. The molecule has 7 heavy (non-hydrogen) atoms. The van der Waals surface area contributed by atoms with Crippen LogP contribution in [0.3, 0.4) is 0 Å². The summed E-state index contributed by atoms with van der Waals surface area (Å²) in [6.45, 7) is 3.46. The monoisotopic (exact) mass is 117 g/mol. The highest BCUT2D eigenvalue weighted by Crippen LogP contribution is 2.15. The normalized spacial score (nSPS) is 33.0. The summed E-state index contributed by atoms with van der Waals surface area (Å²) in [5.74, 6) is 0. The van der Waals surface area contributed by atoms with Crippen molar-refractivity contribution in [3.63, 3.8) is 0 Å². The minimum atomic E-state index is 0.841. The number of nitrogens with one attached hydrogen (secondary N) is 1. The van der Waals surface area contributed by atoms with Crippen molar-refractivity contribution >= 4 is 11.9 Å². The van der Waals surface area contributed by atoms with E-state index in [1.807, 2.05) is 11.9 Å². The van der Waals surface area contributed by atoms with E-state index in [9.17, 15) is 0 Å². The molecule has 0 spiro atoms. The van der Waals surface area contributed by atoms with Crippen LogP contribution in [0.5, 0.6) is 0 Å². The minimum Gasteiger partial charge on any atom is -0.264 e. The number of hydrogen-bond donors (Lipinski definition) is 1. The smallest absolute Gasteiger partial charge is 0.0165 e. The topological polar surface area (TPSA) is 12.0 Å². The molecule has 0 unspecified atom stereocenters. The van der Waals surface area contributed by atoms with Crippen molar-refractivity contribution < 1.29 is 0 Å². The summed E-state index contributed by atoms with van der Waals surface area (Å²) in [6.07, 6.45) is 2.74. The van der Waals surface area contributed by atoms with E-state index in [0.717, 1.165) is 5.25 Å². The summed E-state index contributed by atoms with van der Waals surface area (Å²) >= 11 is 1.87. The molecule has 0 aromatic heterocycles. The zero-order valence-electron chi connectivity index (χ0n) is 4.61. The molecular weight excluding hydrogens is 106 g/mol. The first-order chi connectivity index (χ1) is 3.39.